The second-order valence-corrected chi connectivity index (χ2v) is 5.94. The van der Waals surface area contributed by atoms with Crippen molar-refractivity contribution in [1.82, 2.24) is 5.32 Å². The van der Waals surface area contributed by atoms with Crippen LogP contribution < -0.4 is 14.8 Å². The van der Waals surface area contributed by atoms with Crippen LogP contribution in [0.15, 0.2) is 48.5 Å². The van der Waals surface area contributed by atoms with Crippen molar-refractivity contribution in [2.75, 3.05) is 14.2 Å². The SMILES string of the molecule is COc1ccc(OC)c(CC(=O)NC(c2ccccc2)C(C)C(=O)O)c1. The van der Waals surface area contributed by atoms with Crippen molar-refractivity contribution >= 4 is 11.9 Å². The van der Waals surface area contributed by atoms with Crippen LogP contribution in [0.2, 0.25) is 0 Å². The molecule has 0 saturated carbocycles. The lowest BCUT2D eigenvalue weighted by Crippen LogP contribution is -2.36. The van der Waals surface area contributed by atoms with Gasteiger partial charge in [0.2, 0.25) is 5.91 Å². The summed E-state index contributed by atoms with van der Waals surface area (Å²) in [6.07, 6.45) is 0.0516. The number of methoxy groups -OCH3 is 2. The molecule has 0 radical (unpaired) electrons. The Bertz CT molecular complexity index is 760. The first-order valence-electron chi connectivity index (χ1n) is 8.24. The summed E-state index contributed by atoms with van der Waals surface area (Å²) < 4.78 is 10.5. The van der Waals surface area contributed by atoms with Gasteiger partial charge in [0.05, 0.1) is 32.6 Å². The molecule has 0 aromatic heterocycles. The summed E-state index contributed by atoms with van der Waals surface area (Å²) in [6, 6.07) is 13.7. The van der Waals surface area contributed by atoms with Crippen LogP contribution in [0.25, 0.3) is 0 Å². The lowest BCUT2D eigenvalue weighted by atomic mass is 9.94. The molecule has 0 aliphatic carbocycles. The van der Waals surface area contributed by atoms with Gasteiger partial charge in [-0.2, -0.15) is 0 Å². The van der Waals surface area contributed by atoms with Gasteiger partial charge in [-0.1, -0.05) is 30.3 Å². The van der Waals surface area contributed by atoms with E-state index in [1.165, 1.54) is 7.11 Å². The average Bonchev–Trinajstić information content (AvgIpc) is 2.66. The number of carboxylic acid groups (broad SMARTS) is 1. The summed E-state index contributed by atoms with van der Waals surface area (Å²) in [4.78, 5) is 24.0. The summed E-state index contributed by atoms with van der Waals surface area (Å²) in [7, 11) is 3.08. The minimum absolute atomic E-state index is 0.0516. The second-order valence-electron chi connectivity index (χ2n) is 5.94. The topological polar surface area (TPSA) is 84.9 Å². The van der Waals surface area contributed by atoms with Crippen LogP contribution in [0.3, 0.4) is 0 Å². The highest BCUT2D eigenvalue weighted by atomic mass is 16.5. The van der Waals surface area contributed by atoms with Gasteiger partial charge in [0, 0.05) is 5.56 Å². The number of carboxylic acids is 1. The third kappa shape index (κ3) is 4.75. The lowest BCUT2D eigenvalue weighted by Gasteiger charge is -2.23. The quantitative estimate of drug-likeness (QED) is 0.759. The van der Waals surface area contributed by atoms with Crippen molar-refractivity contribution in [2.24, 2.45) is 5.92 Å². The van der Waals surface area contributed by atoms with Crippen molar-refractivity contribution in [3.05, 3.63) is 59.7 Å². The van der Waals surface area contributed by atoms with E-state index in [0.717, 1.165) is 5.56 Å². The zero-order chi connectivity index (χ0) is 19.1. The van der Waals surface area contributed by atoms with Crippen LogP contribution in [0.5, 0.6) is 11.5 Å². The Morgan fingerprint density at radius 2 is 1.77 bits per heavy atom. The molecule has 0 aliphatic rings. The van der Waals surface area contributed by atoms with Crippen LogP contribution in [-0.2, 0) is 16.0 Å². The van der Waals surface area contributed by atoms with Gasteiger partial charge in [-0.05, 0) is 30.7 Å². The number of carbonyl (C=O) groups is 2. The van der Waals surface area contributed by atoms with Crippen molar-refractivity contribution in [3.8, 4) is 11.5 Å². The molecule has 0 fully saturated rings. The molecule has 0 saturated heterocycles. The van der Waals surface area contributed by atoms with Gasteiger partial charge in [0.1, 0.15) is 11.5 Å². The number of hydrogen-bond donors (Lipinski definition) is 2. The predicted molar refractivity (Wildman–Crippen MR) is 97.4 cm³/mol. The molecule has 2 N–H and O–H groups in total. The molecule has 0 heterocycles. The molecule has 6 nitrogen and oxygen atoms in total. The van der Waals surface area contributed by atoms with Crippen molar-refractivity contribution < 1.29 is 24.2 Å². The first-order valence-corrected chi connectivity index (χ1v) is 8.24. The monoisotopic (exact) mass is 357 g/mol. The summed E-state index contributed by atoms with van der Waals surface area (Å²) in [5, 5.41) is 12.2. The van der Waals surface area contributed by atoms with Gasteiger partial charge in [-0.15, -0.1) is 0 Å². The minimum atomic E-state index is -0.974. The molecule has 138 valence electrons. The van der Waals surface area contributed by atoms with Gasteiger partial charge < -0.3 is 19.9 Å². The number of ether oxygens (including phenoxy) is 2. The van der Waals surface area contributed by atoms with E-state index in [-0.39, 0.29) is 12.3 Å². The Balaban J connectivity index is 2.21. The lowest BCUT2D eigenvalue weighted by molar-refractivity contribution is -0.142. The van der Waals surface area contributed by atoms with Crippen molar-refractivity contribution in [1.29, 1.82) is 0 Å². The molecule has 2 aromatic carbocycles. The molecular formula is C20H23NO5. The van der Waals surface area contributed by atoms with Crippen LogP contribution >= 0.6 is 0 Å². The summed E-state index contributed by atoms with van der Waals surface area (Å²) in [5.74, 6) is -0.846. The van der Waals surface area contributed by atoms with Crippen molar-refractivity contribution in [3.63, 3.8) is 0 Å². The van der Waals surface area contributed by atoms with Crippen LogP contribution in [0, 0.1) is 5.92 Å². The maximum atomic E-state index is 12.6. The van der Waals surface area contributed by atoms with E-state index in [1.807, 2.05) is 18.2 Å². The predicted octanol–water partition coefficient (Wildman–Crippen LogP) is 2.82. The van der Waals surface area contributed by atoms with Gasteiger partial charge in [0.15, 0.2) is 0 Å². The molecule has 0 aliphatic heterocycles. The Morgan fingerprint density at radius 3 is 2.35 bits per heavy atom. The van der Waals surface area contributed by atoms with Gasteiger partial charge in [0.25, 0.3) is 0 Å². The second kappa shape index (κ2) is 8.89. The maximum Gasteiger partial charge on any atom is 0.308 e. The maximum absolute atomic E-state index is 12.6. The Kier molecular flexibility index (Phi) is 6.60. The van der Waals surface area contributed by atoms with E-state index >= 15 is 0 Å². The Morgan fingerprint density at radius 1 is 1.08 bits per heavy atom. The van der Waals surface area contributed by atoms with Crippen LogP contribution in [0.1, 0.15) is 24.1 Å². The highest BCUT2D eigenvalue weighted by Gasteiger charge is 2.27. The van der Waals surface area contributed by atoms with Crippen LogP contribution in [0.4, 0.5) is 0 Å². The summed E-state index contributed by atoms with van der Waals surface area (Å²) in [5.41, 5.74) is 1.41. The first kappa shape index (κ1) is 19.3. The molecule has 0 bridgehead atoms. The van der Waals surface area contributed by atoms with Gasteiger partial charge in [-0.25, -0.2) is 0 Å². The molecule has 2 unspecified atom stereocenters. The van der Waals surface area contributed by atoms with Crippen molar-refractivity contribution in [2.45, 2.75) is 19.4 Å². The van der Waals surface area contributed by atoms with E-state index < -0.39 is 17.9 Å². The highest BCUT2D eigenvalue weighted by Crippen LogP contribution is 2.26. The molecule has 1 amide bonds. The summed E-state index contributed by atoms with van der Waals surface area (Å²) in [6.45, 7) is 1.58. The zero-order valence-corrected chi connectivity index (χ0v) is 15.1. The number of rotatable bonds is 8. The Labute approximate surface area is 152 Å². The third-order valence-electron chi connectivity index (χ3n) is 4.20. The number of carbonyl (C=O) groups excluding carboxylic acids is 1. The zero-order valence-electron chi connectivity index (χ0n) is 15.1. The number of benzene rings is 2. The molecule has 0 spiro atoms. The average molecular weight is 357 g/mol. The van der Waals surface area contributed by atoms with E-state index in [1.54, 1.807) is 44.4 Å². The molecule has 2 atom stereocenters. The molecular weight excluding hydrogens is 334 g/mol. The summed E-state index contributed by atoms with van der Waals surface area (Å²) >= 11 is 0. The number of nitrogens with one attached hydrogen (secondary N) is 1. The third-order valence-corrected chi connectivity index (χ3v) is 4.20. The highest BCUT2D eigenvalue weighted by molar-refractivity contribution is 5.81. The number of hydrogen-bond acceptors (Lipinski definition) is 4. The normalized spacial score (nSPS) is 12.7. The van der Waals surface area contributed by atoms with E-state index in [0.29, 0.717) is 17.1 Å². The smallest absolute Gasteiger partial charge is 0.308 e. The van der Waals surface area contributed by atoms with Gasteiger partial charge >= 0.3 is 5.97 Å². The van der Waals surface area contributed by atoms with Gasteiger partial charge in [-0.3, -0.25) is 9.59 Å². The molecule has 6 heteroatoms. The van der Waals surface area contributed by atoms with E-state index in [2.05, 4.69) is 5.32 Å². The molecule has 2 aromatic rings. The fourth-order valence-electron chi connectivity index (χ4n) is 2.72. The largest absolute Gasteiger partial charge is 0.497 e. The van der Waals surface area contributed by atoms with E-state index in [4.69, 9.17) is 9.47 Å². The fourth-order valence-corrected chi connectivity index (χ4v) is 2.72. The first-order chi connectivity index (χ1) is 12.5. The molecule has 2 rings (SSSR count). The minimum Gasteiger partial charge on any atom is -0.497 e. The van der Waals surface area contributed by atoms with E-state index in [9.17, 15) is 14.7 Å². The standard InChI is InChI=1S/C20H23NO5/c1-13(20(23)24)19(14-7-5-4-6-8-14)21-18(22)12-15-11-16(25-2)9-10-17(15)26-3/h4-11,13,19H,12H2,1-3H3,(H,21,22)(H,23,24). The number of amides is 1. The molecule has 26 heavy (non-hydrogen) atoms. The number of aliphatic carboxylic acids is 1. The van der Waals surface area contributed by atoms with Crippen LogP contribution in [-0.4, -0.2) is 31.2 Å². The fraction of sp³-hybridized carbons (Fsp3) is 0.300. The Hall–Kier alpha value is -3.02.